The lowest BCUT2D eigenvalue weighted by Crippen LogP contribution is -2.46. The number of methoxy groups -OCH3 is 1. The number of amides is 2. The van der Waals surface area contributed by atoms with E-state index < -0.39 is 11.9 Å². The number of rotatable bonds is 5. The zero-order chi connectivity index (χ0) is 24.5. The van der Waals surface area contributed by atoms with Gasteiger partial charge >= 0.3 is 6.03 Å². The summed E-state index contributed by atoms with van der Waals surface area (Å²) >= 11 is 6.09. The number of ether oxygens (including phenoxy) is 1. The monoisotopic (exact) mass is 490 g/mol. The SMILES string of the molecule is COc1cccc(N2C(=O)NC(c3ccc(Cl)cc3)C(c3nc(-c4cccc(F)c4)no3)=C2C)c1. The van der Waals surface area contributed by atoms with Gasteiger partial charge in [-0.3, -0.25) is 4.90 Å². The summed E-state index contributed by atoms with van der Waals surface area (Å²) in [5, 5.41) is 7.67. The lowest BCUT2D eigenvalue weighted by atomic mass is 9.94. The van der Waals surface area contributed by atoms with Gasteiger partial charge in [0, 0.05) is 22.3 Å². The van der Waals surface area contributed by atoms with E-state index >= 15 is 0 Å². The van der Waals surface area contributed by atoms with Crippen molar-refractivity contribution in [2.45, 2.75) is 13.0 Å². The van der Waals surface area contributed by atoms with Crippen molar-refractivity contribution in [1.29, 1.82) is 0 Å². The van der Waals surface area contributed by atoms with E-state index in [1.807, 2.05) is 19.1 Å². The summed E-state index contributed by atoms with van der Waals surface area (Å²) in [5.41, 5.74) is 3.07. The van der Waals surface area contributed by atoms with E-state index in [9.17, 15) is 9.18 Å². The molecule has 1 aromatic heterocycles. The summed E-state index contributed by atoms with van der Waals surface area (Å²) in [6, 6.07) is 19.3. The molecule has 0 bridgehead atoms. The Hall–Kier alpha value is -4.17. The molecule has 3 aromatic carbocycles. The van der Waals surface area contributed by atoms with Crippen LogP contribution in [0, 0.1) is 5.82 Å². The number of halogens is 2. The van der Waals surface area contributed by atoms with Crippen LogP contribution in [-0.2, 0) is 0 Å². The van der Waals surface area contributed by atoms with Gasteiger partial charge in [-0.05, 0) is 48.9 Å². The summed E-state index contributed by atoms with van der Waals surface area (Å²) in [6.45, 7) is 1.81. The number of hydrogen-bond donors (Lipinski definition) is 1. The van der Waals surface area contributed by atoms with Crippen LogP contribution in [0.1, 0.15) is 24.4 Å². The van der Waals surface area contributed by atoms with E-state index in [2.05, 4.69) is 15.5 Å². The lowest BCUT2D eigenvalue weighted by Gasteiger charge is -2.35. The second-order valence-electron chi connectivity index (χ2n) is 7.90. The van der Waals surface area contributed by atoms with Crippen LogP contribution in [0.25, 0.3) is 17.0 Å². The van der Waals surface area contributed by atoms with Crippen molar-refractivity contribution >= 4 is 28.9 Å². The van der Waals surface area contributed by atoms with E-state index in [0.29, 0.717) is 33.3 Å². The molecule has 9 heteroatoms. The molecule has 0 saturated carbocycles. The Morgan fingerprint density at radius 2 is 1.86 bits per heavy atom. The first kappa shape index (κ1) is 22.6. The maximum absolute atomic E-state index is 13.8. The number of benzene rings is 3. The first-order chi connectivity index (χ1) is 16.9. The van der Waals surface area contributed by atoms with Gasteiger partial charge in [-0.1, -0.05) is 47.1 Å². The Bertz CT molecular complexity index is 1430. The standard InChI is InChI=1S/C26H20ClFN4O3/c1-15-22(25-30-24(31-35-25)17-5-3-6-19(28)13-17)23(16-9-11-18(27)12-10-16)29-26(33)32(15)20-7-4-8-21(14-20)34-2/h3-14,23H,1-2H3,(H,29,33). The minimum atomic E-state index is -0.581. The van der Waals surface area contributed by atoms with Crippen molar-refractivity contribution in [3.63, 3.8) is 0 Å². The molecule has 1 N–H and O–H groups in total. The quantitative estimate of drug-likeness (QED) is 0.358. The number of carbonyl (C=O) groups is 1. The second-order valence-corrected chi connectivity index (χ2v) is 8.34. The molecule has 0 radical (unpaired) electrons. The molecule has 1 unspecified atom stereocenters. The van der Waals surface area contributed by atoms with Gasteiger partial charge in [-0.2, -0.15) is 4.98 Å². The number of allylic oxidation sites excluding steroid dienone is 1. The second kappa shape index (κ2) is 9.23. The fraction of sp³-hybridized carbons (Fsp3) is 0.115. The van der Waals surface area contributed by atoms with Gasteiger partial charge in [-0.25, -0.2) is 9.18 Å². The zero-order valence-electron chi connectivity index (χ0n) is 18.8. The Labute approximate surface area is 205 Å². The third-order valence-electron chi connectivity index (χ3n) is 5.74. The Morgan fingerprint density at radius 3 is 2.60 bits per heavy atom. The van der Waals surface area contributed by atoms with Crippen LogP contribution in [0.4, 0.5) is 14.9 Å². The highest BCUT2D eigenvalue weighted by Crippen LogP contribution is 2.39. The molecule has 176 valence electrons. The van der Waals surface area contributed by atoms with Gasteiger partial charge < -0.3 is 14.6 Å². The minimum absolute atomic E-state index is 0.203. The summed E-state index contributed by atoms with van der Waals surface area (Å²) in [6.07, 6.45) is 0. The van der Waals surface area contributed by atoms with Crippen molar-refractivity contribution in [2.75, 3.05) is 12.0 Å². The van der Waals surface area contributed by atoms with Crippen LogP contribution >= 0.6 is 11.6 Å². The molecule has 1 aliphatic heterocycles. The summed E-state index contributed by atoms with van der Waals surface area (Å²) in [7, 11) is 1.56. The minimum Gasteiger partial charge on any atom is -0.497 e. The van der Waals surface area contributed by atoms with Crippen LogP contribution in [-0.4, -0.2) is 23.3 Å². The highest BCUT2D eigenvalue weighted by Gasteiger charge is 2.36. The van der Waals surface area contributed by atoms with Gasteiger partial charge in [0.15, 0.2) is 0 Å². The lowest BCUT2D eigenvalue weighted by molar-refractivity contribution is 0.244. The molecule has 5 rings (SSSR count). The summed E-state index contributed by atoms with van der Waals surface area (Å²) < 4.78 is 24.7. The molecule has 2 amide bonds. The number of anilines is 1. The maximum atomic E-state index is 13.8. The number of urea groups is 1. The summed E-state index contributed by atoms with van der Waals surface area (Å²) in [4.78, 5) is 19.4. The molecular weight excluding hydrogens is 471 g/mol. The Kier molecular flexibility index (Phi) is 5.96. The first-order valence-corrected chi connectivity index (χ1v) is 11.1. The number of hydrogen-bond acceptors (Lipinski definition) is 5. The highest BCUT2D eigenvalue weighted by molar-refractivity contribution is 6.30. The van der Waals surface area contributed by atoms with Crippen LogP contribution in [0.3, 0.4) is 0 Å². The molecule has 1 atom stereocenters. The normalized spacial score (nSPS) is 15.8. The van der Waals surface area contributed by atoms with E-state index in [0.717, 1.165) is 5.56 Å². The van der Waals surface area contributed by atoms with Crippen molar-refractivity contribution < 1.29 is 18.4 Å². The fourth-order valence-electron chi connectivity index (χ4n) is 4.06. The molecule has 7 nitrogen and oxygen atoms in total. The van der Waals surface area contributed by atoms with Crippen LogP contribution < -0.4 is 15.0 Å². The highest BCUT2D eigenvalue weighted by atomic mass is 35.5. The number of nitrogens with zero attached hydrogens (tertiary/aromatic N) is 3. The molecular formula is C26H20ClFN4O3. The van der Waals surface area contributed by atoms with Crippen LogP contribution in [0.5, 0.6) is 5.75 Å². The average Bonchev–Trinajstić information content (AvgIpc) is 3.34. The van der Waals surface area contributed by atoms with E-state index in [1.165, 1.54) is 17.0 Å². The van der Waals surface area contributed by atoms with Crippen LogP contribution in [0.15, 0.2) is 83.0 Å². The van der Waals surface area contributed by atoms with Crippen molar-refractivity contribution in [2.24, 2.45) is 0 Å². The Balaban J connectivity index is 1.66. The average molecular weight is 491 g/mol. The van der Waals surface area contributed by atoms with E-state index in [1.54, 1.807) is 55.6 Å². The zero-order valence-corrected chi connectivity index (χ0v) is 19.6. The molecule has 0 aliphatic carbocycles. The molecule has 0 spiro atoms. The molecule has 0 fully saturated rings. The van der Waals surface area contributed by atoms with Crippen molar-refractivity contribution in [1.82, 2.24) is 15.5 Å². The number of carbonyl (C=O) groups excluding carboxylic acids is 1. The Morgan fingerprint density at radius 1 is 1.09 bits per heavy atom. The smallest absolute Gasteiger partial charge is 0.327 e. The molecule has 1 aliphatic rings. The van der Waals surface area contributed by atoms with Gasteiger partial charge in [0.25, 0.3) is 5.89 Å². The fourth-order valence-corrected chi connectivity index (χ4v) is 4.19. The van der Waals surface area contributed by atoms with Gasteiger partial charge in [0.2, 0.25) is 5.82 Å². The topological polar surface area (TPSA) is 80.5 Å². The van der Waals surface area contributed by atoms with E-state index in [4.69, 9.17) is 20.9 Å². The molecule has 4 aromatic rings. The summed E-state index contributed by atoms with van der Waals surface area (Å²) in [5.74, 6) is 0.641. The van der Waals surface area contributed by atoms with Crippen molar-refractivity contribution in [3.8, 4) is 17.1 Å². The third-order valence-corrected chi connectivity index (χ3v) is 5.99. The molecule has 0 saturated heterocycles. The van der Waals surface area contributed by atoms with Crippen molar-refractivity contribution in [3.05, 3.63) is 101 Å². The largest absolute Gasteiger partial charge is 0.497 e. The number of aromatic nitrogens is 2. The van der Waals surface area contributed by atoms with E-state index in [-0.39, 0.29) is 17.7 Å². The number of nitrogens with one attached hydrogen (secondary N) is 1. The van der Waals surface area contributed by atoms with Gasteiger partial charge in [0.1, 0.15) is 11.6 Å². The van der Waals surface area contributed by atoms with Gasteiger partial charge in [-0.15, -0.1) is 0 Å². The van der Waals surface area contributed by atoms with Gasteiger partial charge in [0.05, 0.1) is 24.4 Å². The van der Waals surface area contributed by atoms with Crippen LogP contribution in [0.2, 0.25) is 5.02 Å². The molecule has 35 heavy (non-hydrogen) atoms. The molecule has 2 heterocycles. The predicted molar refractivity (Wildman–Crippen MR) is 130 cm³/mol. The first-order valence-electron chi connectivity index (χ1n) is 10.8. The third kappa shape index (κ3) is 4.36. The predicted octanol–water partition coefficient (Wildman–Crippen LogP) is 6.24. The maximum Gasteiger partial charge on any atom is 0.327 e.